The second-order valence-corrected chi connectivity index (χ2v) is 5.93. The number of nitrogens with zero attached hydrogens (tertiary/aromatic N) is 1. The van der Waals surface area contributed by atoms with E-state index in [9.17, 15) is 9.59 Å². The van der Waals surface area contributed by atoms with Gasteiger partial charge in [0.05, 0.1) is 6.42 Å². The van der Waals surface area contributed by atoms with Gasteiger partial charge in [0.2, 0.25) is 0 Å². The zero-order valence-electron chi connectivity index (χ0n) is 12.3. The van der Waals surface area contributed by atoms with Crippen LogP contribution in [0.5, 0.6) is 0 Å². The molecule has 0 spiro atoms. The zero-order valence-corrected chi connectivity index (χ0v) is 13.9. The molecule has 0 bridgehead atoms. The third-order valence-electron chi connectivity index (χ3n) is 3.07. The Morgan fingerprint density at radius 1 is 1.33 bits per heavy atom. The molecule has 1 aromatic carbocycles. The summed E-state index contributed by atoms with van der Waals surface area (Å²) in [5.41, 5.74) is 1.01. The van der Waals surface area contributed by atoms with Gasteiger partial charge in [0.1, 0.15) is 0 Å². The molecule has 0 saturated heterocycles. The van der Waals surface area contributed by atoms with Crippen LogP contribution in [0.15, 0.2) is 28.7 Å². The van der Waals surface area contributed by atoms with Gasteiger partial charge >= 0.3 is 12.0 Å². The molecule has 0 aliphatic heterocycles. The third kappa shape index (κ3) is 6.62. The van der Waals surface area contributed by atoms with Crippen LogP contribution in [-0.2, 0) is 11.3 Å². The van der Waals surface area contributed by atoms with Crippen LogP contribution in [0.1, 0.15) is 31.7 Å². The number of hydrogen-bond donors (Lipinski definition) is 2. The molecule has 0 radical (unpaired) electrons. The maximum atomic E-state index is 12.1. The minimum absolute atomic E-state index is 0.0499. The first-order valence-corrected chi connectivity index (χ1v) is 7.69. The summed E-state index contributed by atoms with van der Waals surface area (Å²) in [5, 5.41) is 11.6. The van der Waals surface area contributed by atoms with Gasteiger partial charge in [-0.2, -0.15) is 0 Å². The predicted molar refractivity (Wildman–Crippen MR) is 85.1 cm³/mol. The molecule has 2 amide bonds. The summed E-state index contributed by atoms with van der Waals surface area (Å²) in [7, 11) is 1.70. The first-order valence-electron chi connectivity index (χ1n) is 6.90. The number of carbonyl (C=O) groups excluding carboxylic acids is 1. The molecule has 21 heavy (non-hydrogen) atoms. The van der Waals surface area contributed by atoms with Crippen molar-refractivity contribution in [2.24, 2.45) is 0 Å². The Hall–Kier alpha value is -1.56. The second kappa shape index (κ2) is 8.67. The molecular weight excluding hydrogens is 336 g/mol. The first-order chi connectivity index (χ1) is 9.92. The fourth-order valence-electron chi connectivity index (χ4n) is 2.00. The molecule has 6 heteroatoms. The Bertz CT molecular complexity index is 476. The normalized spacial score (nSPS) is 11.8. The van der Waals surface area contributed by atoms with Crippen molar-refractivity contribution in [3.8, 4) is 0 Å². The lowest BCUT2D eigenvalue weighted by atomic mass is 10.1. The van der Waals surface area contributed by atoms with Crippen LogP contribution in [0.2, 0.25) is 0 Å². The smallest absolute Gasteiger partial charge is 0.317 e. The highest BCUT2D eigenvalue weighted by Crippen LogP contribution is 2.12. The SMILES string of the molecule is CCCC(CC(=O)O)NC(=O)N(C)Cc1ccc(Br)cc1. The van der Waals surface area contributed by atoms with E-state index >= 15 is 0 Å². The molecular formula is C15H21BrN2O3. The third-order valence-corrected chi connectivity index (χ3v) is 3.59. The summed E-state index contributed by atoms with van der Waals surface area (Å²) in [5.74, 6) is -0.899. The number of benzene rings is 1. The Labute approximate surface area is 133 Å². The molecule has 116 valence electrons. The van der Waals surface area contributed by atoms with E-state index in [2.05, 4.69) is 21.2 Å². The van der Waals surface area contributed by atoms with Gasteiger partial charge in [-0.1, -0.05) is 41.4 Å². The van der Waals surface area contributed by atoms with Crippen LogP contribution in [0, 0.1) is 0 Å². The Morgan fingerprint density at radius 3 is 2.48 bits per heavy atom. The van der Waals surface area contributed by atoms with Crippen LogP contribution < -0.4 is 5.32 Å². The lowest BCUT2D eigenvalue weighted by Crippen LogP contribution is -2.43. The van der Waals surface area contributed by atoms with Crippen LogP contribution in [-0.4, -0.2) is 35.1 Å². The summed E-state index contributed by atoms with van der Waals surface area (Å²) in [6.07, 6.45) is 1.44. The molecule has 1 aromatic rings. The number of carbonyl (C=O) groups is 2. The van der Waals surface area contributed by atoms with Crippen molar-refractivity contribution >= 4 is 27.9 Å². The summed E-state index contributed by atoms with van der Waals surface area (Å²) in [6.45, 7) is 2.44. The van der Waals surface area contributed by atoms with Gasteiger partial charge in [0, 0.05) is 24.1 Å². The molecule has 1 atom stereocenters. The molecule has 2 N–H and O–H groups in total. The van der Waals surface area contributed by atoms with E-state index in [0.29, 0.717) is 13.0 Å². The number of rotatable bonds is 7. The van der Waals surface area contributed by atoms with E-state index in [-0.39, 0.29) is 18.5 Å². The number of hydrogen-bond acceptors (Lipinski definition) is 2. The number of urea groups is 1. The minimum atomic E-state index is -0.899. The van der Waals surface area contributed by atoms with Crippen molar-refractivity contribution in [2.75, 3.05) is 7.05 Å². The highest BCUT2D eigenvalue weighted by molar-refractivity contribution is 9.10. The molecule has 1 unspecified atom stereocenters. The van der Waals surface area contributed by atoms with Gasteiger partial charge in [0.25, 0.3) is 0 Å². The van der Waals surface area contributed by atoms with Gasteiger partial charge in [0.15, 0.2) is 0 Å². The predicted octanol–water partition coefficient (Wildman–Crippen LogP) is 3.23. The summed E-state index contributed by atoms with van der Waals surface area (Å²) < 4.78 is 0.989. The van der Waals surface area contributed by atoms with Gasteiger partial charge in [-0.3, -0.25) is 4.79 Å². The van der Waals surface area contributed by atoms with E-state index in [1.165, 1.54) is 0 Å². The first kappa shape index (κ1) is 17.5. The lowest BCUT2D eigenvalue weighted by Gasteiger charge is -2.22. The van der Waals surface area contributed by atoms with Crippen molar-refractivity contribution in [3.05, 3.63) is 34.3 Å². The fourth-order valence-corrected chi connectivity index (χ4v) is 2.27. The standard InChI is InChI=1S/C15H21BrN2O3/c1-3-4-13(9-14(19)20)17-15(21)18(2)10-11-5-7-12(16)8-6-11/h5-8,13H,3-4,9-10H2,1-2H3,(H,17,21)(H,19,20). The largest absolute Gasteiger partial charge is 0.481 e. The van der Waals surface area contributed by atoms with Crippen molar-refractivity contribution in [2.45, 2.75) is 38.8 Å². The molecule has 0 aliphatic rings. The number of carboxylic acid groups (broad SMARTS) is 1. The van der Waals surface area contributed by atoms with Crippen molar-refractivity contribution in [3.63, 3.8) is 0 Å². The summed E-state index contributed by atoms with van der Waals surface area (Å²) in [6, 6.07) is 7.14. The van der Waals surface area contributed by atoms with E-state index in [0.717, 1.165) is 16.5 Å². The van der Waals surface area contributed by atoms with E-state index in [1.54, 1.807) is 11.9 Å². The molecule has 5 nitrogen and oxygen atoms in total. The highest BCUT2D eigenvalue weighted by atomic mass is 79.9. The number of carboxylic acids is 1. The highest BCUT2D eigenvalue weighted by Gasteiger charge is 2.17. The molecule has 0 fully saturated rings. The average molecular weight is 357 g/mol. The van der Waals surface area contributed by atoms with Gasteiger partial charge in [-0.25, -0.2) is 4.79 Å². The maximum absolute atomic E-state index is 12.1. The molecule has 0 aromatic heterocycles. The number of aliphatic carboxylic acids is 1. The average Bonchev–Trinajstić information content (AvgIpc) is 2.40. The Balaban J connectivity index is 2.55. The number of amides is 2. The van der Waals surface area contributed by atoms with Crippen LogP contribution in [0.4, 0.5) is 4.79 Å². The Kier molecular flexibility index (Phi) is 7.22. The number of halogens is 1. The zero-order chi connectivity index (χ0) is 15.8. The van der Waals surface area contributed by atoms with Gasteiger partial charge in [-0.05, 0) is 24.1 Å². The fraction of sp³-hybridized carbons (Fsp3) is 0.467. The minimum Gasteiger partial charge on any atom is -0.481 e. The summed E-state index contributed by atoms with van der Waals surface area (Å²) in [4.78, 5) is 24.4. The topological polar surface area (TPSA) is 69.6 Å². The quantitative estimate of drug-likeness (QED) is 0.787. The van der Waals surface area contributed by atoms with Gasteiger partial charge < -0.3 is 15.3 Å². The molecule has 1 rings (SSSR count). The van der Waals surface area contributed by atoms with Crippen LogP contribution >= 0.6 is 15.9 Å². The maximum Gasteiger partial charge on any atom is 0.317 e. The molecule has 0 saturated carbocycles. The van der Waals surface area contributed by atoms with E-state index < -0.39 is 5.97 Å². The molecule has 0 heterocycles. The molecule has 0 aliphatic carbocycles. The van der Waals surface area contributed by atoms with Crippen LogP contribution in [0.25, 0.3) is 0 Å². The van der Waals surface area contributed by atoms with Crippen molar-refractivity contribution in [1.29, 1.82) is 0 Å². The monoisotopic (exact) mass is 356 g/mol. The van der Waals surface area contributed by atoms with Crippen LogP contribution in [0.3, 0.4) is 0 Å². The number of nitrogens with one attached hydrogen (secondary N) is 1. The van der Waals surface area contributed by atoms with Crippen molar-refractivity contribution < 1.29 is 14.7 Å². The Morgan fingerprint density at radius 2 is 1.95 bits per heavy atom. The van der Waals surface area contributed by atoms with E-state index in [1.807, 2.05) is 31.2 Å². The van der Waals surface area contributed by atoms with Crippen molar-refractivity contribution in [1.82, 2.24) is 10.2 Å². The lowest BCUT2D eigenvalue weighted by molar-refractivity contribution is -0.137. The summed E-state index contributed by atoms with van der Waals surface area (Å²) >= 11 is 3.36. The van der Waals surface area contributed by atoms with E-state index in [4.69, 9.17) is 5.11 Å². The second-order valence-electron chi connectivity index (χ2n) is 5.02. The van der Waals surface area contributed by atoms with Gasteiger partial charge in [-0.15, -0.1) is 0 Å².